The van der Waals surface area contributed by atoms with Crippen molar-refractivity contribution in [3.8, 4) is 0 Å². The topological polar surface area (TPSA) is 72.8 Å². The summed E-state index contributed by atoms with van der Waals surface area (Å²) in [7, 11) is 0. The normalized spacial score (nSPS) is 12.8. The number of hydrogen-bond acceptors (Lipinski definition) is 5. The molecule has 1 atom stereocenters. The van der Waals surface area contributed by atoms with E-state index in [1.807, 2.05) is 0 Å². The maximum atomic E-state index is 12.2. The van der Waals surface area contributed by atoms with Crippen molar-refractivity contribution in [2.24, 2.45) is 0 Å². The SMILES string of the molecule is CCCCC/C=C\C/C=C\CCCCCCCCCCCC(=O)O[C@@H](CO)COC(=O)CCC/C=C\C/C=C\C/C=C\CCCCCCCC. The third-order valence-electron chi connectivity index (χ3n) is 8.78. The number of esters is 2. The molecule has 0 aliphatic heterocycles. The maximum Gasteiger partial charge on any atom is 0.306 e. The van der Waals surface area contributed by atoms with Gasteiger partial charge in [-0.05, 0) is 77.0 Å². The van der Waals surface area contributed by atoms with Gasteiger partial charge in [0.05, 0.1) is 6.61 Å². The lowest BCUT2D eigenvalue weighted by atomic mass is 10.1. The molecule has 0 fully saturated rings. The van der Waals surface area contributed by atoms with Crippen LogP contribution in [0.25, 0.3) is 0 Å². The Hall–Kier alpha value is -2.40. The number of ether oxygens (including phenoxy) is 2. The number of carbonyl (C=O) groups is 2. The van der Waals surface area contributed by atoms with Crippen molar-refractivity contribution in [2.75, 3.05) is 13.2 Å². The summed E-state index contributed by atoms with van der Waals surface area (Å²) in [6, 6.07) is 0. The average Bonchev–Trinajstić information content (AvgIpc) is 3.12. The number of carbonyl (C=O) groups excluding carboxylic acids is 2. The summed E-state index contributed by atoms with van der Waals surface area (Å²) < 4.78 is 10.6. The van der Waals surface area contributed by atoms with Crippen LogP contribution in [0.1, 0.15) is 194 Å². The molecule has 0 saturated heterocycles. The van der Waals surface area contributed by atoms with Crippen LogP contribution in [0.4, 0.5) is 0 Å². The zero-order chi connectivity index (χ0) is 36.4. The monoisotopic (exact) mass is 699 g/mol. The fourth-order valence-corrected chi connectivity index (χ4v) is 5.60. The second kappa shape index (κ2) is 41.0. The van der Waals surface area contributed by atoms with Gasteiger partial charge in [-0.25, -0.2) is 0 Å². The van der Waals surface area contributed by atoms with E-state index >= 15 is 0 Å². The van der Waals surface area contributed by atoms with Crippen LogP contribution in [0.5, 0.6) is 0 Å². The van der Waals surface area contributed by atoms with Crippen LogP contribution >= 0.6 is 0 Å². The lowest BCUT2D eigenvalue weighted by Gasteiger charge is -2.15. The predicted octanol–water partition coefficient (Wildman–Crippen LogP) is 13.2. The largest absolute Gasteiger partial charge is 0.462 e. The van der Waals surface area contributed by atoms with Crippen LogP contribution in [0.15, 0.2) is 60.8 Å². The van der Waals surface area contributed by atoms with E-state index in [0.29, 0.717) is 19.3 Å². The number of aliphatic hydroxyl groups excluding tert-OH is 1. The standard InChI is InChI=1S/C45H78O5/c1-3-5-7-9-11-13-15-17-19-21-22-24-26-28-30-32-34-36-38-40-45(48)50-43(41-46)42-49-44(47)39-37-35-33-31-29-27-25-23-20-18-16-14-12-10-8-6-4-2/h11,13,17-20,25,27,31,33,43,46H,3-10,12,14-16,21-24,26,28-30,32,34-42H2,1-2H3/b13-11-,19-17-,20-18-,27-25-,33-31-/t43-/m0/s1. The molecule has 1 N–H and O–H groups in total. The summed E-state index contributed by atoms with van der Waals surface area (Å²) >= 11 is 0. The van der Waals surface area contributed by atoms with E-state index in [1.54, 1.807) is 0 Å². The maximum absolute atomic E-state index is 12.2. The van der Waals surface area contributed by atoms with Gasteiger partial charge in [0.2, 0.25) is 0 Å². The average molecular weight is 699 g/mol. The molecule has 0 spiro atoms. The Balaban J connectivity index is 3.64. The number of rotatable bonds is 37. The number of aliphatic hydroxyl groups is 1. The van der Waals surface area contributed by atoms with Gasteiger partial charge >= 0.3 is 11.9 Å². The molecule has 0 aliphatic rings. The van der Waals surface area contributed by atoms with E-state index in [4.69, 9.17) is 9.47 Å². The summed E-state index contributed by atoms with van der Waals surface area (Å²) in [5, 5.41) is 9.56. The molecule has 5 heteroatoms. The van der Waals surface area contributed by atoms with Crippen molar-refractivity contribution in [1.29, 1.82) is 0 Å². The first kappa shape index (κ1) is 47.6. The minimum Gasteiger partial charge on any atom is -0.462 e. The van der Waals surface area contributed by atoms with Crippen molar-refractivity contribution in [2.45, 2.75) is 200 Å². The first-order valence-corrected chi connectivity index (χ1v) is 20.8. The molecule has 5 nitrogen and oxygen atoms in total. The van der Waals surface area contributed by atoms with Crippen LogP contribution in [0.3, 0.4) is 0 Å². The highest BCUT2D eigenvalue weighted by Crippen LogP contribution is 2.13. The van der Waals surface area contributed by atoms with Gasteiger partial charge in [0.25, 0.3) is 0 Å². The van der Waals surface area contributed by atoms with Crippen LogP contribution in [0.2, 0.25) is 0 Å². The summed E-state index contributed by atoms with van der Waals surface area (Å²) in [5.74, 6) is -0.658. The highest BCUT2D eigenvalue weighted by molar-refractivity contribution is 5.70. The minimum absolute atomic E-state index is 0.0953. The molecule has 0 radical (unpaired) electrons. The van der Waals surface area contributed by atoms with Gasteiger partial charge < -0.3 is 14.6 Å². The molecule has 0 amide bonds. The molecule has 0 aromatic heterocycles. The predicted molar refractivity (Wildman–Crippen MR) is 214 cm³/mol. The van der Waals surface area contributed by atoms with Crippen molar-refractivity contribution in [3.05, 3.63) is 60.8 Å². The first-order chi connectivity index (χ1) is 24.6. The summed E-state index contributed by atoms with van der Waals surface area (Å²) in [5.41, 5.74) is 0. The summed E-state index contributed by atoms with van der Waals surface area (Å²) in [4.78, 5) is 24.3. The van der Waals surface area contributed by atoms with Gasteiger partial charge in [0, 0.05) is 12.8 Å². The number of hydrogen-bond donors (Lipinski definition) is 1. The Bertz CT molecular complexity index is 884. The van der Waals surface area contributed by atoms with E-state index in [2.05, 4.69) is 74.6 Å². The van der Waals surface area contributed by atoms with Crippen molar-refractivity contribution in [3.63, 3.8) is 0 Å². The molecule has 0 aliphatic carbocycles. The van der Waals surface area contributed by atoms with E-state index in [1.165, 1.54) is 116 Å². The van der Waals surface area contributed by atoms with Crippen molar-refractivity contribution >= 4 is 11.9 Å². The Morgan fingerprint density at radius 3 is 1.30 bits per heavy atom. The molecular weight excluding hydrogens is 620 g/mol. The van der Waals surface area contributed by atoms with Crippen molar-refractivity contribution in [1.82, 2.24) is 0 Å². The quantitative estimate of drug-likeness (QED) is 0.0397. The zero-order valence-electron chi connectivity index (χ0n) is 32.6. The van der Waals surface area contributed by atoms with Gasteiger partial charge in [-0.3, -0.25) is 9.59 Å². The minimum atomic E-state index is -0.795. The molecule has 0 saturated carbocycles. The third kappa shape index (κ3) is 38.4. The lowest BCUT2D eigenvalue weighted by molar-refractivity contribution is -0.161. The Labute approximate surface area is 309 Å². The zero-order valence-corrected chi connectivity index (χ0v) is 32.6. The van der Waals surface area contributed by atoms with Crippen LogP contribution in [-0.2, 0) is 19.1 Å². The van der Waals surface area contributed by atoms with Crippen molar-refractivity contribution < 1.29 is 24.2 Å². The van der Waals surface area contributed by atoms with E-state index < -0.39 is 6.10 Å². The molecular formula is C45H78O5. The van der Waals surface area contributed by atoms with Crippen LogP contribution < -0.4 is 0 Å². The molecule has 0 aromatic rings. The fraction of sp³-hybridized carbons (Fsp3) is 0.733. The second-order valence-electron chi connectivity index (χ2n) is 13.7. The van der Waals surface area contributed by atoms with Gasteiger partial charge in [0.1, 0.15) is 6.61 Å². The van der Waals surface area contributed by atoms with Gasteiger partial charge in [-0.2, -0.15) is 0 Å². The van der Waals surface area contributed by atoms with E-state index in [9.17, 15) is 14.7 Å². The number of allylic oxidation sites excluding steroid dienone is 10. The lowest BCUT2D eigenvalue weighted by Crippen LogP contribution is -2.28. The Morgan fingerprint density at radius 2 is 0.820 bits per heavy atom. The first-order valence-electron chi connectivity index (χ1n) is 20.8. The fourth-order valence-electron chi connectivity index (χ4n) is 5.60. The molecule has 0 aromatic carbocycles. The molecule has 288 valence electrons. The smallest absolute Gasteiger partial charge is 0.306 e. The van der Waals surface area contributed by atoms with E-state index in [-0.39, 0.29) is 25.2 Å². The third-order valence-corrected chi connectivity index (χ3v) is 8.78. The molecule has 0 heterocycles. The highest BCUT2D eigenvalue weighted by Gasteiger charge is 2.16. The molecule has 50 heavy (non-hydrogen) atoms. The molecule has 0 rings (SSSR count). The van der Waals surface area contributed by atoms with Gasteiger partial charge in [-0.1, -0.05) is 164 Å². The molecule has 0 bridgehead atoms. The Kier molecular flexibility index (Phi) is 39.1. The summed E-state index contributed by atoms with van der Waals surface area (Å²) in [6.45, 7) is 4.06. The highest BCUT2D eigenvalue weighted by atomic mass is 16.6. The van der Waals surface area contributed by atoms with E-state index in [0.717, 1.165) is 44.9 Å². The molecule has 0 unspecified atom stereocenters. The van der Waals surface area contributed by atoms with Crippen LogP contribution in [-0.4, -0.2) is 36.4 Å². The second-order valence-corrected chi connectivity index (χ2v) is 13.7. The van der Waals surface area contributed by atoms with Gasteiger partial charge in [-0.15, -0.1) is 0 Å². The van der Waals surface area contributed by atoms with Crippen LogP contribution in [0, 0.1) is 0 Å². The summed E-state index contributed by atoms with van der Waals surface area (Å²) in [6.07, 6.45) is 52.9. The Morgan fingerprint density at radius 1 is 0.460 bits per heavy atom. The number of unbranched alkanes of at least 4 members (excludes halogenated alkanes) is 19. The van der Waals surface area contributed by atoms with Gasteiger partial charge in [0.15, 0.2) is 6.10 Å².